The molecule has 0 saturated carbocycles. The maximum absolute atomic E-state index is 11.4. The van der Waals surface area contributed by atoms with Crippen molar-refractivity contribution in [2.45, 2.75) is 59.5 Å². The average molecular weight is 257 g/mol. The van der Waals surface area contributed by atoms with Gasteiger partial charge in [-0.15, -0.1) is 0 Å². The minimum absolute atomic E-state index is 0.101. The monoisotopic (exact) mass is 257 g/mol. The van der Waals surface area contributed by atoms with E-state index < -0.39 is 0 Å². The minimum atomic E-state index is 0.101. The zero-order chi connectivity index (χ0) is 14.0. The number of unbranched alkanes of at least 4 members (excludes halogenated alkanes) is 1. The van der Waals surface area contributed by atoms with Gasteiger partial charge in [0.2, 0.25) is 5.91 Å². The van der Waals surface area contributed by atoms with Gasteiger partial charge in [0.1, 0.15) is 0 Å². The van der Waals surface area contributed by atoms with Gasteiger partial charge in [-0.3, -0.25) is 9.69 Å². The Hall–Kier alpha value is -0.610. The van der Waals surface area contributed by atoms with Gasteiger partial charge in [-0.2, -0.15) is 0 Å². The van der Waals surface area contributed by atoms with Gasteiger partial charge in [0.25, 0.3) is 0 Å². The van der Waals surface area contributed by atoms with Crippen molar-refractivity contribution in [1.29, 1.82) is 0 Å². The van der Waals surface area contributed by atoms with E-state index in [2.05, 4.69) is 50.2 Å². The molecule has 0 atom stereocenters. The zero-order valence-corrected chi connectivity index (χ0v) is 12.8. The maximum atomic E-state index is 11.4. The Kier molecular flexibility index (Phi) is 9.98. The Morgan fingerprint density at radius 2 is 1.72 bits per heavy atom. The summed E-state index contributed by atoms with van der Waals surface area (Å²) in [6, 6.07) is 1.09. The van der Waals surface area contributed by atoms with Crippen molar-refractivity contribution >= 4 is 5.91 Å². The van der Waals surface area contributed by atoms with E-state index in [1.807, 2.05) is 0 Å². The summed E-state index contributed by atoms with van der Waals surface area (Å²) >= 11 is 0. The molecule has 0 aromatic carbocycles. The van der Waals surface area contributed by atoms with E-state index in [1.165, 1.54) is 0 Å². The second-order valence-corrected chi connectivity index (χ2v) is 5.31. The van der Waals surface area contributed by atoms with Gasteiger partial charge >= 0.3 is 0 Å². The molecule has 0 fully saturated rings. The number of rotatable bonds is 10. The van der Waals surface area contributed by atoms with Gasteiger partial charge in [-0.1, -0.05) is 13.3 Å². The second kappa shape index (κ2) is 10.3. The molecule has 108 valence electrons. The SMILES string of the molecule is CCCCNC(=O)CNCCN(C(C)C)C(C)C. The van der Waals surface area contributed by atoms with E-state index in [1.54, 1.807) is 0 Å². The molecule has 0 radical (unpaired) electrons. The van der Waals surface area contributed by atoms with Crippen molar-refractivity contribution in [2.75, 3.05) is 26.2 Å². The predicted molar refractivity (Wildman–Crippen MR) is 77.8 cm³/mol. The van der Waals surface area contributed by atoms with Crippen LogP contribution in [0.25, 0.3) is 0 Å². The van der Waals surface area contributed by atoms with Crippen molar-refractivity contribution in [2.24, 2.45) is 0 Å². The molecule has 0 bridgehead atoms. The lowest BCUT2D eigenvalue weighted by atomic mass is 10.2. The van der Waals surface area contributed by atoms with Crippen LogP contribution in [0.5, 0.6) is 0 Å². The van der Waals surface area contributed by atoms with Crippen LogP contribution < -0.4 is 10.6 Å². The molecule has 0 aliphatic rings. The van der Waals surface area contributed by atoms with Crippen molar-refractivity contribution in [3.63, 3.8) is 0 Å². The molecule has 0 rings (SSSR count). The van der Waals surface area contributed by atoms with Crippen LogP contribution in [0.3, 0.4) is 0 Å². The summed E-state index contributed by atoms with van der Waals surface area (Å²) in [6.07, 6.45) is 2.17. The summed E-state index contributed by atoms with van der Waals surface area (Å²) in [6.45, 7) is 14.0. The molecule has 0 aliphatic carbocycles. The smallest absolute Gasteiger partial charge is 0.233 e. The highest BCUT2D eigenvalue weighted by Gasteiger charge is 2.12. The van der Waals surface area contributed by atoms with E-state index in [0.29, 0.717) is 18.6 Å². The topological polar surface area (TPSA) is 44.4 Å². The average Bonchev–Trinajstić information content (AvgIpc) is 2.28. The third kappa shape index (κ3) is 8.48. The summed E-state index contributed by atoms with van der Waals surface area (Å²) in [5.41, 5.74) is 0. The van der Waals surface area contributed by atoms with Crippen LogP contribution in [0.2, 0.25) is 0 Å². The van der Waals surface area contributed by atoms with Gasteiger partial charge in [0.05, 0.1) is 6.54 Å². The third-order valence-electron chi connectivity index (χ3n) is 3.01. The molecule has 0 aromatic rings. The highest BCUT2D eigenvalue weighted by molar-refractivity contribution is 5.77. The number of hydrogen-bond donors (Lipinski definition) is 2. The lowest BCUT2D eigenvalue weighted by Crippen LogP contribution is -2.43. The summed E-state index contributed by atoms with van der Waals surface area (Å²) in [5, 5.41) is 6.10. The molecule has 0 heterocycles. The van der Waals surface area contributed by atoms with E-state index in [0.717, 1.165) is 32.5 Å². The lowest BCUT2D eigenvalue weighted by molar-refractivity contribution is -0.120. The van der Waals surface area contributed by atoms with Crippen LogP contribution in [-0.4, -0.2) is 49.1 Å². The fourth-order valence-electron chi connectivity index (χ4n) is 1.99. The summed E-state index contributed by atoms with van der Waals surface area (Å²) in [4.78, 5) is 13.9. The molecule has 0 saturated heterocycles. The first kappa shape index (κ1) is 17.4. The highest BCUT2D eigenvalue weighted by Crippen LogP contribution is 2.02. The molecule has 18 heavy (non-hydrogen) atoms. The first-order valence-electron chi connectivity index (χ1n) is 7.22. The quantitative estimate of drug-likeness (QED) is 0.584. The van der Waals surface area contributed by atoms with Crippen molar-refractivity contribution in [1.82, 2.24) is 15.5 Å². The Labute approximate surface area is 113 Å². The third-order valence-corrected chi connectivity index (χ3v) is 3.01. The molecule has 0 aromatic heterocycles. The maximum Gasteiger partial charge on any atom is 0.233 e. The predicted octanol–water partition coefficient (Wildman–Crippen LogP) is 1.61. The normalized spacial score (nSPS) is 11.6. The number of amides is 1. The van der Waals surface area contributed by atoms with Gasteiger partial charge < -0.3 is 10.6 Å². The van der Waals surface area contributed by atoms with Gasteiger partial charge in [-0.25, -0.2) is 0 Å². The molecule has 0 unspecified atom stereocenters. The number of carbonyl (C=O) groups excluding carboxylic acids is 1. The summed E-state index contributed by atoms with van der Waals surface area (Å²) in [7, 11) is 0. The fourth-order valence-corrected chi connectivity index (χ4v) is 1.99. The Balaban J connectivity index is 3.62. The van der Waals surface area contributed by atoms with E-state index >= 15 is 0 Å². The van der Waals surface area contributed by atoms with Crippen LogP contribution in [0.4, 0.5) is 0 Å². The van der Waals surface area contributed by atoms with Crippen molar-refractivity contribution in [3.05, 3.63) is 0 Å². The van der Waals surface area contributed by atoms with Crippen LogP contribution in [0.1, 0.15) is 47.5 Å². The highest BCUT2D eigenvalue weighted by atomic mass is 16.1. The fraction of sp³-hybridized carbons (Fsp3) is 0.929. The Bertz CT molecular complexity index is 209. The Morgan fingerprint density at radius 3 is 2.22 bits per heavy atom. The summed E-state index contributed by atoms with van der Waals surface area (Å²) < 4.78 is 0. The van der Waals surface area contributed by atoms with Crippen molar-refractivity contribution in [3.8, 4) is 0 Å². The first-order chi connectivity index (χ1) is 8.49. The van der Waals surface area contributed by atoms with Crippen LogP contribution in [0, 0.1) is 0 Å². The van der Waals surface area contributed by atoms with Gasteiger partial charge in [-0.05, 0) is 34.1 Å². The molecule has 0 aliphatic heterocycles. The first-order valence-corrected chi connectivity index (χ1v) is 7.22. The lowest BCUT2D eigenvalue weighted by Gasteiger charge is -2.30. The van der Waals surface area contributed by atoms with Crippen LogP contribution in [-0.2, 0) is 4.79 Å². The second-order valence-electron chi connectivity index (χ2n) is 5.31. The molecule has 4 heteroatoms. The molecule has 0 spiro atoms. The van der Waals surface area contributed by atoms with E-state index in [-0.39, 0.29) is 5.91 Å². The molecular formula is C14H31N3O. The Morgan fingerprint density at radius 1 is 1.11 bits per heavy atom. The molecular weight excluding hydrogens is 226 g/mol. The largest absolute Gasteiger partial charge is 0.355 e. The standard InChI is InChI=1S/C14H31N3O/c1-6-7-8-16-14(18)11-15-9-10-17(12(2)3)13(4)5/h12-13,15H,6-11H2,1-5H3,(H,16,18). The number of nitrogens with one attached hydrogen (secondary N) is 2. The number of carbonyl (C=O) groups is 1. The van der Waals surface area contributed by atoms with Crippen molar-refractivity contribution < 1.29 is 4.79 Å². The summed E-state index contributed by atoms with van der Waals surface area (Å²) in [5.74, 6) is 0.101. The molecule has 2 N–H and O–H groups in total. The molecule has 1 amide bonds. The number of nitrogens with zero attached hydrogens (tertiary/aromatic N) is 1. The van der Waals surface area contributed by atoms with E-state index in [9.17, 15) is 4.79 Å². The van der Waals surface area contributed by atoms with E-state index in [4.69, 9.17) is 0 Å². The zero-order valence-electron chi connectivity index (χ0n) is 12.8. The minimum Gasteiger partial charge on any atom is -0.355 e. The van der Waals surface area contributed by atoms with Gasteiger partial charge in [0.15, 0.2) is 0 Å². The van der Waals surface area contributed by atoms with Crippen LogP contribution >= 0.6 is 0 Å². The van der Waals surface area contributed by atoms with Gasteiger partial charge in [0, 0.05) is 31.7 Å². The molecule has 4 nitrogen and oxygen atoms in total. The number of hydrogen-bond acceptors (Lipinski definition) is 3. The van der Waals surface area contributed by atoms with Crippen LogP contribution in [0.15, 0.2) is 0 Å².